The van der Waals surface area contributed by atoms with E-state index in [2.05, 4.69) is 21.2 Å². The highest BCUT2D eigenvalue weighted by Crippen LogP contribution is 2.29. The Morgan fingerprint density at radius 2 is 1.64 bits per heavy atom. The van der Waals surface area contributed by atoms with Gasteiger partial charge in [-0.1, -0.05) is 46.3 Å². The molecule has 1 fully saturated rings. The number of anilines is 2. The first-order valence-electron chi connectivity index (χ1n) is 10.3. The molecule has 33 heavy (non-hydrogen) atoms. The Labute approximate surface area is 200 Å². The molecule has 0 aliphatic carbocycles. The molecular formula is C25H22BrN3O4. The number of benzene rings is 3. The van der Waals surface area contributed by atoms with Crippen molar-refractivity contribution in [2.75, 3.05) is 17.3 Å². The second-order valence-corrected chi connectivity index (χ2v) is 8.46. The predicted molar refractivity (Wildman–Crippen MR) is 129 cm³/mol. The van der Waals surface area contributed by atoms with E-state index in [1.807, 2.05) is 30.3 Å². The quantitative estimate of drug-likeness (QED) is 0.464. The fourth-order valence-electron chi connectivity index (χ4n) is 3.68. The number of hydrogen-bond acceptors (Lipinski definition) is 4. The molecule has 1 aliphatic rings. The lowest BCUT2D eigenvalue weighted by molar-refractivity contribution is -0.124. The van der Waals surface area contributed by atoms with E-state index in [0.717, 1.165) is 14.9 Å². The normalized spacial score (nSPS) is 15.6. The minimum absolute atomic E-state index is 0.153. The molecule has 1 heterocycles. The zero-order chi connectivity index (χ0) is 23.4. The Balaban J connectivity index is 1.58. The first kappa shape index (κ1) is 22.5. The van der Waals surface area contributed by atoms with Crippen LogP contribution < -0.4 is 15.0 Å². The molecule has 1 aliphatic heterocycles. The van der Waals surface area contributed by atoms with Crippen molar-refractivity contribution in [1.29, 1.82) is 0 Å². The second kappa shape index (κ2) is 9.87. The lowest BCUT2D eigenvalue weighted by Gasteiger charge is -2.22. The van der Waals surface area contributed by atoms with Gasteiger partial charge in [0.1, 0.15) is 11.8 Å². The smallest absolute Gasteiger partial charge is 0.332 e. The van der Waals surface area contributed by atoms with Crippen LogP contribution in [-0.4, -0.2) is 35.9 Å². The number of carbonyl (C=O) groups excluding carboxylic acids is 3. The van der Waals surface area contributed by atoms with Gasteiger partial charge in [-0.2, -0.15) is 0 Å². The standard InChI is InChI=1S/C25H22BrN3O4/c1-33-21-13-7-17(8-14-21)16-28-22(15-23(30)27-19-11-9-18(26)10-12-19)24(31)29(25(28)32)20-5-3-2-4-6-20/h2-14,22H,15-16H2,1H3,(H,27,30). The summed E-state index contributed by atoms with van der Waals surface area (Å²) in [5.41, 5.74) is 1.91. The Morgan fingerprint density at radius 3 is 2.27 bits per heavy atom. The fourth-order valence-corrected chi connectivity index (χ4v) is 3.94. The number of nitrogens with one attached hydrogen (secondary N) is 1. The SMILES string of the molecule is COc1ccc(CN2C(=O)N(c3ccccc3)C(=O)C2CC(=O)Nc2ccc(Br)cc2)cc1. The Bertz CT molecular complexity index is 1150. The predicted octanol–water partition coefficient (Wildman–Crippen LogP) is 4.82. The number of nitrogens with zero attached hydrogens (tertiary/aromatic N) is 2. The van der Waals surface area contributed by atoms with Gasteiger partial charge in [-0.25, -0.2) is 9.69 Å². The highest BCUT2D eigenvalue weighted by Gasteiger charge is 2.46. The van der Waals surface area contributed by atoms with E-state index < -0.39 is 18.0 Å². The van der Waals surface area contributed by atoms with Gasteiger partial charge in [0.05, 0.1) is 19.2 Å². The van der Waals surface area contributed by atoms with E-state index in [9.17, 15) is 14.4 Å². The van der Waals surface area contributed by atoms with Gasteiger partial charge >= 0.3 is 6.03 Å². The van der Waals surface area contributed by atoms with Crippen LogP contribution in [0.3, 0.4) is 0 Å². The number of methoxy groups -OCH3 is 1. The van der Waals surface area contributed by atoms with E-state index in [0.29, 0.717) is 17.1 Å². The van der Waals surface area contributed by atoms with Gasteiger partial charge in [-0.15, -0.1) is 0 Å². The lowest BCUT2D eigenvalue weighted by Crippen LogP contribution is -2.37. The van der Waals surface area contributed by atoms with E-state index in [4.69, 9.17) is 4.74 Å². The van der Waals surface area contributed by atoms with Crippen LogP contribution in [0.4, 0.5) is 16.2 Å². The average molecular weight is 508 g/mol. The highest BCUT2D eigenvalue weighted by atomic mass is 79.9. The molecular weight excluding hydrogens is 486 g/mol. The van der Waals surface area contributed by atoms with Crippen LogP contribution in [0.1, 0.15) is 12.0 Å². The summed E-state index contributed by atoms with van der Waals surface area (Å²) in [6.07, 6.45) is -0.153. The van der Waals surface area contributed by atoms with E-state index in [1.54, 1.807) is 55.6 Å². The second-order valence-electron chi connectivity index (χ2n) is 7.54. The maximum absolute atomic E-state index is 13.3. The van der Waals surface area contributed by atoms with Crippen LogP contribution in [0.15, 0.2) is 83.3 Å². The summed E-state index contributed by atoms with van der Waals surface area (Å²) in [5, 5.41) is 2.80. The van der Waals surface area contributed by atoms with Gasteiger partial charge in [0.25, 0.3) is 5.91 Å². The van der Waals surface area contributed by atoms with Crippen molar-refractivity contribution >= 4 is 45.2 Å². The minimum Gasteiger partial charge on any atom is -0.497 e. The number of hydrogen-bond donors (Lipinski definition) is 1. The van der Waals surface area contributed by atoms with Gasteiger partial charge in [-0.3, -0.25) is 9.59 Å². The molecule has 0 saturated carbocycles. The van der Waals surface area contributed by atoms with Crippen molar-refractivity contribution in [3.63, 3.8) is 0 Å². The van der Waals surface area contributed by atoms with Gasteiger partial charge in [0.2, 0.25) is 5.91 Å². The molecule has 1 atom stereocenters. The zero-order valence-corrected chi connectivity index (χ0v) is 19.5. The molecule has 1 unspecified atom stereocenters. The van der Waals surface area contributed by atoms with Crippen LogP contribution in [-0.2, 0) is 16.1 Å². The van der Waals surface area contributed by atoms with Crippen molar-refractivity contribution in [2.45, 2.75) is 19.0 Å². The highest BCUT2D eigenvalue weighted by molar-refractivity contribution is 9.10. The minimum atomic E-state index is -0.921. The maximum Gasteiger partial charge on any atom is 0.332 e. The van der Waals surface area contributed by atoms with Gasteiger partial charge in [0, 0.05) is 16.7 Å². The topological polar surface area (TPSA) is 79.0 Å². The summed E-state index contributed by atoms with van der Waals surface area (Å²) in [7, 11) is 1.58. The average Bonchev–Trinajstić information content (AvgIpc) is 3.05. The maximum atomic E-state index is 13.3. The van der Waals surface area contributed by atoms with Crippen LogP contribution >= 0.6 is 15.9 Å². The number of imide groups is 1. The third-order valence-electron chi connectivity index (χ3n) is 5.35. The number of halogens is 1. The molecule has 3 aromatic rings. The van der Waals surface area contributed by atoms with Crippen molar-refractivity contribution in [1.82, 2.24) is 4.90 Å². The van der Waals surface area contributed by atoms with Crippen molar-refractivity contribution in [2.24, 2.45) is 0 Å². The first-order chi connectivity index (χ1) is 16.0. The Kier molecular flexibility index (Phi) is 6.74. The number of carbonyl (C=O) groups is 3. The van der Waals surface area contributed by atoms with Crippen molar-refractivity contribution in [3.8, 4) is 5.75 Å². The molecule has 4 rings (SSSR count). The molecule has 0 radical (unpaired) electrons. The molecule has 168 valence electrons. The Morgan fingerprint density at radius 1 is 0.970 bits per heavy atom. The summed E-state index contributed by atoms with van der Waals surface area (Å²) >= 11 is 3.36. The van der Waals surface area contributed by atoms with E-state index in [-0.39, 0.29) is 18.9 Å². The van der Waals surface area contributed by atoms with Gasteiger partial charge in [0.15, 0.2) is 0 Å². The number of ether oxygens (including phenoxy) is 1. The summed E-state index contributed by atoms with van der Waals surface area (Å²) in [4.78, 5) is 42.0. The molecule has 0 aromatic heterocycles. The monoisotopic (exact) mass is 507 g/mol. The number of rotatable bonds is 7. The van der Waals surface area contributed by atoms with Crippen LogP contribution in [0, 0.1) is 0 Å². The third kappa shape index (κ3) is 5.06. The summed E-state index contributed by atoms with van der Waals surface area (Å²) < 4.78 is 6.08. The third-order valence-corrected chi connectivity index (χ3v) is 5.88. The largest absolute Gasteiger partial charge is 0.497 e. The van der Waals surface area contributed by atoms with Crippen LogP contribution in [0.2, 0.25) is 0 Å². The van der Waals surface area contributed by atoms with Crippen molar-refractivity contribution < 1.29 is 19.1 Å². The first-order valence-corrected chi connectivity index (χ1v) is 11.1. The van der Waals surface area contributed by atoms with Gasteiger partial charge < -0.3 is 15.0 Å². The molecule has 1 N–H and O–H groups in total. The summed E-state index contributed by atoms with van der Waals surface area (Å²) in [5.74, 6) is -0.0808. The zero-order valence-electron chi connectivity index (χ0n) is 17.9. The molecule has 0 bridgehead atoms. The summed E-state index contributed by atoms with van der Waals surface area (Å²) in [6, 6.07) is 21.8. The number of urea groups is 1. The Hall–Kier alpha value is -3.65. The van der Waals surface area contributed by atoms with Crippen molar-refractivity contribution in [3.05, 3.63) is 88.9 Å². The molecule has 8 heteroatoms. The van der Waals surface area contributed by atoms with E-state index in [1.165, 1.54) is 4.90 Å². The molecule has 0 spiro atoms. The molecule has 1 saturated heterocycles. The lowest BCUT2D eigenvalue weighted by atomic mass is 10.1. The van der Waals surface area contributed by atoms with E-state index >= 15 is 0 Å². The van der Waals surface area contributed by atoms with Crippen LogP contribution in [0.25, 0.3) is 0 Å². The fraction of sp³-hybridized carbons (Fsp3) is 0.160. The number of amides is 4. The number of para-hydroxylation sites is 1. The molecule has 4 amide bonds. The molecule has 3 aromatic carbocycles. The summed E-state index contributed by atoms with van der Waals surface area (Å²) in [6.45, 7) is 0.189. The van der Waals surface area contributed by atoms with Gasteiger partial charge in [-0.05, 0) is 54.1 Å². The molecule has 7 nitrogen and oxygen atoms in total. The van der Waals surface area contributed by atoms with Crippen LogP contribution in [0.5, 0.6) is 5.75 Å².